The van der Waals surface area contributed by atoms with E-state index < -0.39 is 17.4 Å². The van der Waals surface area contributed by atoms with Crippen molar-refractivity contribution in [3.63, 3.8) is 0 Å². The molecule has 2 atom stereocenters. The standard InChI is InChI=1S/C28H32O4/c1-3-4-7-16-23-17-28(24-18-27(23,24)2,25(29)31-19-21-12-8-5-9-13-21)26(30)32-20-22-14-10-6-11-15-22/h5-6,8-16,24H,3-4,7,17-20H2,1-2H3/b23-16+/t24-,27-/m0/s1. The highest BCUT2D eigenvalue weighted by Gasteiger charge is 2.75. The lowest BCUT2D eigenvalue weighted by molar-refractivity contribution is -0.175. The zero-order chi connectivity index (χ0) is 22.6. The number of benzene rings is 2. The molecule has 2 aromatic carbocycles. The van der Waals surface area contributed by atoms with Crippen LogP contribution in [-0.2, 0) is 32.3 Å². The van der Waals surface area contributed by atoms with E-state index in [1.807, 2.05) is 60.7 Å². The van der Waals surface area contributed by atoms with Gasteiger partial charge in [0.15, 0.2) is 5.41 Å². The summed E-state index contributed by atoms with van der Waals surface area (Å²) >= 11 is 0. The molecule has 0 amide bonds. The highest BCUT2D eigenvalue weighted by atomic mass is 16.6. The Balaban J connectivity index is 1.56. The number of unbranched alkanes of at least 4 members (excludes halogenated alkanes) is 2. The van der Waals surface area contributed by atoms with Gasteiger partial charge in [0, 0.05) is 0 Å². The van der Waals surface area contributed by atoms with Crippen molar-refractivity contribution in [2.75, 3.05) is 0 Å². The van der Waals surface area contributed by atoms with E-state index in [9.17, 15) is 9.59 Å². The van der Waals surface area contributed by atoms with Gasteiger partial charge in [-0.1, -0.05) is 99.0 Å². The van der Waals surface area contributed by atoms with Gasteiger partial charge in [0.1, 0.15) is 13.2 Å². The van der Waals surface area contributed by atoms with Crippen LogP contribution in [0.1, 0.15) is 57.1 Å². The van der Waals surface area contributed by atoms with E-state index in [2.05, 4.69) is 19.9 Å². The van der Waals surface area contributed by atoms with E-state index in [0.29, 0.717) is 6.42 Å². The topological polar surface area (TPSA) is 52.6 Å². The first-order chi connectivity index (χ1) is 15.5. The van der Waals surface area contributed by atoms with Crippen molar-refractivity contribution in [1.82, 2.24) is 0 Å². The molecule has 0 aliphatic heterocycles. The van der Waals surface area contributed by atoms with Crippen molar-refractivity contribution in [3.8, 4) is 0 Å². The molecule has 2 aliphatic rings. The van der Waals surface area contributed by atoms with Gasteiger partial charge < -0.3 is 9.47 Å². The van der Waals surface area contributed by atoms with Crippen molar-refractivity contribution in [3.05, 3.63) is 83.4 Å². The third-order valence-corrected chi connectivity index (χ3v) is 7.14. The summed E-state index contributed by atoms with van der Waals surface area (Å²) in [6.45, 7) is 4.66. The second-order valence-electron chi connectivity index (χ2n) is 9.32. The van der Waals surface area contributed by atoms with Crippen LogP contribution in [0, 0.1) is 16.7 Å². The second kappa shape index (κ2) is 9.32. The Morgan fingerprint density at radius 3 is 1.97 bits per heavy atom. The second-order valence-corrected chi connectivity index (χ2v) is 9.32. The van der Waals surface area contributed by atoms with Crippen molar-refractivity contribution < 1.29 is 19.1 Å². The summed E-state index contributed by atoms with van der Waals surface area (Å²) in [7, 11) is 0. The Labute approximate surface area is 190 Å². The van der Waals surface area contributed by atoms with Gasteiger partial charge in [-0.3, -0.25) is 9.59 Å². The Kier molecular flexibility index (Phi) is 6.50. The predicted molar refractivity (Wildman–Crippen MR) is 123 cm³/mol. The molecule has 4 rings (SSSR count). The molecular formula is C28H32O4. The van der Waals surface area contributed by atoms with Gasteiger partial charge in [-0.25, -0.2) is 0 Å². The predicted octanol–water partition coefficient (Wildman–Crippen LogP) is 6.01. The van der Waals surface area contributed by atoms with Crippen LogP contribution in [0.3, 0.4) is 0 Å². The number of hydrogen-bond donors (Lipinski definition) is 0. The highest BCUT2D eigenvalue weighted by molar-refractivity contribution is 6.02. The first-order valence-electron chi connectivity index (χ1n) is 11.6. The van der Waals surface area contributed by atoms with Crippen LogP contribution in [0.4, 0.5) is 0 Å². The molecule has 0 heterocycles. The lowest BCUT2D eigenvalue weighted by atomic mass is 9.81. The van der Waals surface area contributed by atoms with E-state index >= 15 is 0 Å². The molecule has 2 aromatic rings. The van der Waals surface area contributed by atoms with Gasteiger partial charge in [-0.2, -0.15) is 0 Å². The third kappa shape index (κ3) is 4.23. The Morgan fingerprint density at radius 1 is 0.938 bits per heavy atom. The van der Waals surface area contributed by atoms with Gasteiger partial charge >= 0.3 is 11.9 Å². The zero-order valence-corrected chi connectivity index (χ0v) is 19.0. The molecule has 0 spiro atoms. The first kappa shape index (κ1) is 22.3. The minimum atomic E-state index is -1.25. The Morgan fingerprint density at radius 2 is 1.47 bits per heavy atom. The molecular weight excluding hydrogens is 400 g/mol. The number of rotatable bonds is 9. The average Bonchev–Trinajstić information content (AvgIpc) is 3.45. The lowest BCUT2D eigenvalue weighted by Gasteiger charge is -2.27. The molecule has 0 N–H and O–H groups in total. The maximum absolute atomic E-state index is 13.5. The van der Waals surface area contributed by atoms with Gasteiger partial charge in [0.05, 0.1) is 0 Å². The molecule has 2 fully saturated rings. The molecule has 4 heteroatoms. The highest BCUT2D eigenvalue weighted by Crippen LogP contribution is 2.74. The largest absolute Gasteiger partial charge is 0.460 e. The maximum Gasteiger partial charge on any atom is 0.324 e. The summed E-state index contributed by atoms with van der Waals surface area (Å²) in [5.41, 5.74) is 1.67. The van der Waals surface area contributed by atoms with Crippen molar-refractivity contribution in [2.45, 2.75) is 59.2 Å². The smallest absolute Gasteiger partial charge is 0.324 e. The molecule has 2 saturated carbocycles. The average molecular weight is 433 g/mol. The number of ether oxygens (including phenoxy) is 2. The van der Waals surface area contributed by atoms with Gasteiger partial charge in [0.25, 0.3) is 0 Å². The molecule has 32 heavy (non-hydrogen) atoms. The van der Waals surface area contributed by atoms with E-state index in [1.54, 1.807) is 0 Å². The first-order valence-corrected chi connectivity index (χ1v) is 11.6. The van der Waals surface area contributed by atoms with Crippen LogP contribution in [0.15, 0.2) is 72.3 Å². The summed E-state index contributed by atoms with van der Waals surface area (Å²) in [6, 6.07) is 19.2. The van der Waals surface area contributed by atoms with E-state index in [0.717, 1.165) is 36.8 Å². The summed E-state index contributed by atoms with van der Waals surface area (Å²) < 4.78 is 11.5. The monoisotopic (exact) mass is 432 g/mol. The number of allylic oxidation sites excluding steroid dienone is 2. The number of carbonyl (C=O) groups excluding carboxylic acids is 2. The molecule has 0 unspecified atom stereocenters. The Hall–Kier alpha value is -2.88. The molecule has 168 valence electrons. The third-order valence-electron chi connectivity index (χ3n) is 7.14. The SMILES string of the molecule is CCCC/C=C1\CC(C(=O)OCc2ccccc2)(C(=O)OCc2ccccc2)[C@H]2C[C@@]12C. The molecule has 4 nitrogen and oxygen atoms in total. The fourth-order valence-corrected chi connectivity index (χ4v) is 5.07. The molecule has 0 radical (unpaired) electrons. The van der Waals surface area contributed by atoms with E-state index in [-0.39, 0.29) is 24.5 Å². The quantitative estimate of drug-likeness (QED) is 0.211. The number of esters is 2. The number of fused-ring (bicyclic) bond motifs is 1. The lowest BCUT2D eigenvalue weighted by Crippen LogP contribution is -2.42. The molecule has 0 bridgehead atoms. The minimum Gasteiger partial charge on any atom is -0.460 e. The van der Waals surface area contributed by atoms with E-state index in [1.165, 1.54) is 5.57 Å². The van der Waals surface area contributed by atoms with Gasteiger partial charge in [-0.05, 0) is 41.7 Å². The fraction of sp³-hybridized carbons (Fsp3) is 0.429. The van der Waals surface area contributed by atoms with Crippen molar-refractivity contribution in [1.29, 1.82) is 0 Å². The van der Waals surface area contributed by atoms with Gasteiger partial charge in [-0.15, -0.1) is 0 Å². The molecule has 2 aliphatic carbocycles. The van der Waals surface area contributed by atoms with E-state index in [4.69, 9.17) is 9.47 Å². The zero-order valence-electron chi connectivity index (χ0n) is 19.0. The van der Waals surface area contributed by atoms with Crippen LogP contribution in [0.5, 0.6) is 0 Å². The Bertz CT molecular complexity index is 924. The fourth-order valence-electron chi connectivity index (χ4n) is 5.07. The maximum atomic E-state index is 13.5. The summed E-state index contributed by atoms with van der Waals surface area (Å²) in [6.07, 6.45) is 6.68. The summed E-state index contributed by atoms with van der Waals surface area (Å²) in [4.78, 5) is 27.0. The minimum absolute atomic E-state index is 0.0607. The summed E-state index contributed by atoms with van der Waals surface area (Å²) in [5.74, 6) is -0.964. The van der Waals surface area contributed by atoms with Gasteiger partial charge in [0.2, 0.25) is 0 Å². The van der Waals surface area contributed by atoms with Crippen molar-refractivity contribution >= 4 is 11.9 Å². The van der Waals surface area contributed by atoms with Crippen LogP contribution >= 0.6 is 0 Å². The van der Waals surface area contributed by atoms with Crippen LogP contribution in [0.25, 0.3) is 0 Å². The summed E-state index contributed by atoms with van der Waals surface area (Å²) in [5, 5.41) is 0. The van der Waals surface area contributed by atoms with Crippen molar-refractivity contribution in [2.24, 2.45) is 16.7 Å². The van der Waals surface area contributed by atoms with Crippen LogP contribution < -0.4 is 0 Å². The molecule has 0 aromatic heterocycles. The normalized spacial score (nSPS) is 24.1. The number of carbonyl (C=O) groups is 2. The molecule has 0 saturated heterocycles. The number of hydrogen-bond acceptors (Lipinski definition) is 4. The van der Waals surface area contributed by atoms with Crippen LogP contribution in [-0.4, -0.2) is 11.9 Å². The van der Waals surface area contributed by atoms with Crippen LogP contribution in [0.2, 0.25) is 0 Å².